The third-order valence-corrected chi connectivity index (χ3v) is 5.51. The molecule has 0 aromatic heterocycles. The molecule has 0 N–H and O–H groups in total. The van der Waals surface area contributed by atoms with Crippen LogP contribution in [0.4, 0.5) is 26.3 Å². The number of rotatable bonds is 2. The molecule has 3 aromatic rings. The van der Waals surface area contributed by atoms with Crippen molar-refractivity contribution in [2.24, 2.45) is 0 Å². The monoisotopic (exact) mass is 417 g/mol. The van der Waals surface area contributed by atoms with Crippen LogP contribution in [-0.2, 0) is 17.8 Å². The Hall–Kier alpha value is -3.02. The normalized spacial score (nSPS) is 18.8. The van der Waals surface area contributed by atoms with Crippen molar-refractivity contribution in [3.63, 3.8) is 0 Å². The van der Waals surface area contributed by atoms with Crippen LogP contribution in [0.25, 0.3) is 11.6 Å². The molecule has 0 fully saturated rings. The van der Waals surface area contributed by atoms with Gasteiger partial charge in [-0.05, 0) is 53.0 Å². The van der Waals surface area contributed by atoms with E-state index in [1.807, 2.05) is 6.07 Å². The van der Waals surface area contributed by atoms with Crippen LogP contribution in [0.15, 0.2) is 66.7 Å². The molecular weight excluding hydrogens is 402 g/mol. The van der Waals surface area contributed by atoms with E-state index in [9.17, 15) is 26.3 Å². The van der Waals surface area contributed by atoms with Crippen molar-refractivity contribution >= 4 is 11.6 Å². The van der Waals surface area contributed by atoms with Gasteiger partial charge in [0.05, 0.1) is 11.1 Å². The zero-order chi connectivity index (χ0) is 21.7. The Morgan fingerprint density at radius 1 is 0.767 bits per heavy atom. The maximum Gasteiger partial charge on any atom is 0.417 e. The number of alkyl halides is 6. The maximum absolute atomic E-state index is 13.9. The number of benzene rings is 3. The lowest BCUT2D eigenvalue weighted by atomic mass is 9.68. The van der Waals surface area contributed by atoms with Crippen molar-refractivity contribution < 1.29 is 26.3 Å². The molecule has 1 aliphatic carbocycles. The highest BCUT2D eigenvalue weighted by Crippen LogP contribution is 2.56. The smallest absolute Gasteiger partial charge is 0.166 e. The van der Waals surface area contributed by atoms with Gasteiger partial charge in [0, 0.05) is 5.41 Å². The van der Waals surface area contributed by atoms with E-state index in [0.717, 1.165) is 0 Å². The van der Waals surface area contributed by atoms with Crippen molar-refractivity contribution in [1.29, 1.82) is 0 Å². The molecular formula is C24H15F6. The Labute approximate surface area is 169 Å². The summed E-state index contributed by atoms with van der Waals surface area (Å²) in [5.74, 6) is 0. The minimum absolute atomic E-state index is 0.375. The minimum Gasteiger partial charge on any atom is -0.166 e. The maximum atomic E-state index is 13.9. The third kappa shape index (κ3) is 3.11. The minimum atomic E-state index is -5.00. The molecule has 0 heterocycles. The Balaban J connectivity index is 2.13. The quantitative estimate of drug-likeness (QED) is 0.382. The molecule has 0 amide bonds. The van der Waals surface area contributed by atoms with Gasteiger partial charge in [0.25, 0.3) is 0 Å². The fourth-order valence-electron chi connectivity index (χ4n) is 4.26. The SMILES string of the molecule is CC1(c2c(C(F)(F)F)[c]ccc2C(F)(F)F)C(c2ccccc2)=Cc2ccccc21. The van der Waals surface area contributed by atoms with Gasteiger partial charge in [-0.25, -0.2) is 0 Å². The number of fused-ring (bicyclic) bond motifs is 1. The van der Waals surface area contributed by atoms with Crippen molar-refractivity contribution in [3.8, 4) is 0 Å². The van der Waals surface area contributed by atoms with Crippen LogP contribution in [0.2, 0.25) is 0 Å². The lowest BCUT2D eigenvalue weighted by Gasteiger charge is -2.35. The summed E-state index contributed by atoms with van der Waals surface area (Å²) in [6.45, 7) is 1.42. The van der Waals surface area contributed by atoms with E-state index < -0.39 is 34.5 Å². The molecule has 4 rings (SSSR count). The van der Waals surface area contributed by atoms with Gasteiger partial charge in [-0.15, -0.1) is 0 Å². The molecule has 0 spiro atoms. The predicted octanol–water partition coefficient (Wildman–Crippen LogP) is 7.38. The van der Waals surface area contributed by atoms with Crippen LogP contribution in [-0.4, -0.2) is 0 Å². The number of hydrogen-bond acceptors (Lipinski definition) is 0. The standard InChI is InChI=1S/C24H15F6/c1-22(21-18(23(25,26)27)12-7-13-19(21)24(28,29)30)17-11-6-5-10-16(17)14-20(22)15-8-3-2-4-9-15/h2-12,14H,1H3. The van der Waals surface area contributed by atoms with Gasteiger partial charge in [0.15, 0.2) is 0 Å². The van der Waals surface area contributed by atoms with Gasteiger partial charge in [-0.3, -0.25) is 0 Å². The summed E-state index contributed by atoms with van der Waals surface area (Å²) in [7, 11) is 0. The molecule has 0 saturated carbocycles. The fourth-order valence-corrected chi connectivity index (χ4v) is 4.26. The van der Waals surface area contributed by atoms with E-state index in [-0.39, 0.29) is 0 Å². The molecule has 1 atom stereocenters. The van der Waals surface area contributed by atoms with E-state index in [2.05, 4.69) is 0 Å². The number of allylic oxidation sites excluding steroid dienone is 1. The Morgan fingerprint density at radius 2 is 1.40 bits per heavy atom. The largest absolute Gasteiger partial charge is 0.417 e. The molecule has 0 nitrogen and oxygen atoms in total. The molecule has 30 heavy (non-hydrogen) atoms. The molecule has 3 aromatic carbocycles. The first kappa shape index (κ1) is 20.3. The van der Waals surface area contributed by atoms with E-state index in [0.29, 0.717) is 34.4 Å². The first-order valence-electron chi connectivity index (χ1n) is 9.11. The molecule has 1 radical (unpaired) electrons. The highest BCUT2D eigenvalue weighted by Gasteiger charge is 2.50. The van der Waals surface area contributed by atoms with Crippen LogP contribution in [0.5, 0.6) is 0 Å². The summed E-state index contributed by atoms with van der Waals surface area (Å²) in [6.07, 6.45) is -8.30. The van der Waals surface area contributed by atoms with Crippen LogP contribution in [0, 0.1) is 6.07 Å². The molecule has 0 saturated heterocycles. The van der Waals surface area contributed by atoms with Gasteiger partial charge in [0.1, 0.15) is 0 Å². The van der Waals surface area contributed by atoms with Gasteiger partial charge >= 0.3 is 12.4 Å². The second-order valence-electron chi connectivity index (χ2n) is 7.27. The topological polar surface area (TPSA) is 0 Å². The summed E-state index contributed by atoms with van der Waals surface area (Å²) in [4.78, 5) is 0. The first-order valence-corrected chi connectivity index (χ1v) is 9.11. The van der Waals surface area contributed by atoms with Crippen molar-refractivity contribution in [2.45, 2.75) is 24.7 Å². The molecule has 1 aliphatic rings. The average molecular weight is 417 g/mol. The van der Waals surface area contributed by atoms with Crippen molar-refractivity contribution in [3.05, 3.63) is 106 Å². The highest BCUT2D eigenvalue weighted by molar-refractivity contribution is 5.97. The summed E-state index contributed by atoms with van der Waals surface area (Å²) in [5, 5.41) is 0. The number of hydrogen-bond donors (Lipinski definition) is 0. The van der Waals surface area contributed by atoms with Gasteiger partial charge in [-0.1, -0.05) is 60.7 Å². The fraction of sp³-hybridized carbons (Fsp3) is 0.167. The molecule has 0 aliphatic heterocycles. The molecule has 0 bridgehead atoms. The number of halogens is 6. The zero-order valence-corrected chi connectivity index (χ0v) is 15.7. The zero-order valence-electron chi connectivity index (χ0n) is 15.7. The summed E-state index contributed by atoms with van der Waals surface area (Å²) >= 11 is 0. The van der Waals surface area contributed by atoms with E-state index >= 15 is 0 Å². The van der Waals surface area contributed by atoms with Crippen LogP contribution < -0.4 is 0 Å². The highest BCUT2D eigenvalue weighted by atomic mass is 19.4. The second-order valence-corrected chi connectivity index (χ2v) is 7.27. The summed E-state index contributed by atoms with van der Waals surface area (Å²) in [5.41, 5.74) is -3.31. The van der Waals surface area contributed by atoms with Gasteiger partial charge < -0.3 is 0 Å². The van der Waals surface area contributed by atoms with E-state index in [1.54, 1.807) is 60.7 Å². The summed E-state index contributed by atoms with van der Waals surface area (Å²) in [6, 6.07) is 18.5. The lowest BCUT2D eigenvalue weighted by molar-refractivity contribution is -0.144. The van der Waals surface area contributed by atoms with Crippen LogP contribution in [0.1, 0.15) is 40.3 Å². The van der Waals surface area contributed by atoms with Gasteiger partial charge in [0.2, 0.25) is 0 Å². The average Bonchev–Trinajstić information content (AvgIpc) is 3.01. The second kappa shape index (κ2) is 6.76. The molecule has 6 heteroatoms. The van der Waals surface area contributed by atoms with Crippen LogP contribution in [0.3, 0.4) is 0 Å². The van der Waals surface area contributed by atoms with Gasteiger partial charge in [-0.2, -0.15) is 26.3 Å². The Bertz CT molecular complexity index is 1090. The van der Waals surface area contributed by atoms with Crippen molar-refractivity contribution in [2.75, 3.05) is 0 Å². The first-order chi connectivity index (χ1) is 14.0. The van der Waals surface area contributed by atoms with E-state index in [1.165, 1.54) is 6.92 Å². The third-order valence-electron chi connectivity index (χ3n) is 5.51. The Morgan fingerprint density at radius 3 is 2.03 bits per heavy atom. The molecule has 1 unspecified atom stereocenters. The van der Waals surface area contributed by atoms with Crippen LogP contribution >= 0.6 is 0 Å². The lowest BCUT2D eigenvalue weighted by Crippen LogP contribution is -2.31. The summed E-state index contributed by atoms with van der Waals surface area (Å²) < 4.78 is 83.6. The Kier molecular flexibility index (Phi) is 4.56. The van der Waals surface area contributed by atoms with Crippen molar-refractivity contribution in [1.82, 2.24) is 0 Å². The predicted molar refractivity (Wildman–Crippen MR) is 102 cm³/mol. The van der Waals surface area contributed by atoms with E-state index in [4.69, 9.17) is 0 Å². The molecule has 153 valence electrons.